The lowest BCUT2D eigenvalue weighted by Crippen LogP contribution is -2.34. The minimum absolute atomic E-state index is 0.00463. The SMILES string of the molecule is CC(C)(C)OC(=O)NCCOCCOCCOCCOCCOCCOCCOCCCCCC(=O)NCC=O.CCC.CNC(C)C=O.CNc1ccc(COc2cc3ccccc3nc2C=O)cc1.CO. The van der Waals surface area contributed by atoms with E-state index in [2.05, 4.69) is 40.1 Å². The molecular weight excluding hydrogens is 947 g/mol. The number of aldehydes is 3. The first kappa shape index (κ1) is 69.9. The molecule has 0 radical (unpaired) electrons. The highest BCUT2D eigenvalue weighted by atomic mass is 16.6. The standard InChI is InChI=1S/C27H52N2O11.C18H16N2O2.C4H9NO.C3H8.CH4O/c1-27(2,3)40-26(32)29-9-12-34-14-16-36-18-20-38-22-24-39-23-21-37-19-17-35-15-13-33-11-6-4-5-7-25(31)28-8-10-30;1-19-15-8-6-13(7-9-15)12-22-18-10-14-4-2-3-5-16(14)20-17(18)11-21;1-4(3-6)5-2;1-3-2;1-2/h10H,4-9,11-24H2,1-3H3,(H,28,31)(H,29,32);2-11,19H,12H2,1H3;3-5H,1-2H3;3H2,1-2H3;2H,1H3. The number of aliphatic hydroxyl groups excluding tert-OH is 1. The van der Waals surface area contributed by atoms with Crippen LogP contribution in [0.1, 0.15) is 89.7 Å². The largest absolute Gasteiger partial charge is 0.486 e. The van der Waals surface area contributed by atoms with E-state index < -0.39 is 11.7 Å². The van der Waals surface area contributed by atoms with Gasteiger partial charge >= 0.3 is 6.09 Å². The van der Waals surface area contributed by atoms with Gasteiger partial charge in [0.2, 0.25) is 5.91 Å². The second-order valence-electron chi connectivity index (χ2n) is 16.3. The summed E-state index contributed by atoms with van der Waals surface area (Å²) in [7, 11) is 4.63. The fraction of sp³-hybridized carbons (Fsp3) is 0.623. The van der Waals surface area contributed by atoms with Crippen LogP contribution in [0.4, 0.5) is 10.5 Å². The van der Waals surface area contributed by atoms with Crippen molar-refractivity contribution < 1.29 is 71.7 Å². The van der Waals surface area contributed by atoms with E-state index in [4.69, 9.17) is 47.7 Å². The zero-order valence-electron chi connectivity index (χ0n) is 45.2. The lowest BCUT2D eigenvalue weighted by Gasteiger charge is -2.19. The van der Waals surface area contributed by atoms with Gasteiger partial charge in [-0.3, -0.25) is 9.59 Å². The van der Waals surface area contributed by atoms with Crippen molar-refractivity contribution in [2.75, 3.05) is 132 Å². The number of fused-ring (bicyclic) bond motifs is 1. The maximum atomic E-state index is 11.5. The van der Waals surface area contributed by atoms with Crippen LogP contribution >= 0.6 is 0 Å². The van der Waals surface area contributed by atoms with Crippen LogP contribution in [0.25, 0.3) is 10.9 Å². The summed E-state index contributed by atoms with van der Waals surface area (Å²) in [6.07, 6.45) is 6.07. The number of pyridine rings is 1. The Labute approximate surface area is 434 Å². The maximum absolute atomic E-state index is 11.5. The third-order valence-corrected chi connectivity index (χ3v) is 8.85. The van der Waals surface area contributed by atoms with Crippen molar-refractivity contribution in [3.63, 3.8) is 0 Å². The highest BCUT2D eigenvalue weighted by Crippen LogP contribution is 2.23. The Morgan fingerprint density at radius 1 is 0.685 bits per heavy atom. The average Bonchev–Trinajstić information content (AvgIpc) is 3.39. The summed E-state index contributed by atoms with van der Waals surface area (Å²) in [6, 6.07) is 17.5. The molecular formula is C53H89N5O15. The molecule has 1 heterocycles. The third-order valence-electron chi connectivity index (χ3n) is 8.85. The number of aromatic nitrogens is 1. The number of nitrogens with one attached hydrogen (secondary N) is 4. The van der Waals surface area contributed by atoms with E-state index in [1.807, 2.05) is 82.4 Å². The molecule has 3 rings (SSSR count). The number of carbonyl (C=O) groups is 5. The van der Waals surface area contributed by atoms with Crippen LogP contribution in [0.5, 0.6) is 5.75 Å². The van der Waals surface area contributed by atoms with Crippen LogP contribution in [-0.2, 0) is 58.9 Å². The van der Waals surface area contributed by atoms with E-state index in [-0.39, 0.29) is 18.5 Å². The molecule has 2 amide bonds. The van der Waals surface area contributed by atoms with E-state index in [1.165, 1.54) is 6.42 Å². The predicted octanol–water partition coefficient (Wildman–Crippen LogP) is 5.99. The topological polar surface area (TPSA) is 250 Å². The fourth-order valence-electron chi connectivity index (χ4n) is 5.18. The number of para-hydroxylation sites is 1. The smallest absolute Gasteiger partial charge is 0.407 e. The number of ether oxygens (including phenoxy) is 9. The number of hydrogen-bond acceptors (Lipinski definition) is 18. The van der Waals surface area contributed by atoms with Crippen molar-refractivity contribution in [1.82, 2.24) is 20.9 Å². The van der Waals surface area contributed by atoms with E-state index in [0.29, 0.717) is 130 Å². The summed E-state index contributed by atoms with van der Waals surface area (Å²) in [4.78, 5) is 58.2. The molecule has 0 spiro atoms. The molecule has 3 aromatic rings. The minimum atomic E-state index is -0.512. The Bertz CT molecular complexity index is 1780. The molecule has 5 N–H and O–H groups in total. The fourth-order valence-corrected chi connectivity index (χ4v) is 5.18. The van der Waals surface area contributed by atoms with Gasteiger partial charge in [-0.2, -0.15) is 0 Å². The molecule has 1 unspecified atom stereocenters. The monoisotopic (exact) mass is 1040 g/mol. The van der Waals surface area contributed by atoms with Crippen molar-refractivity contribution in [3.8, 4) is 5.75 Å². The van der Waals surface area contributed by atoms with Gasteiger partial charge in [0.05, 0.1) is 104 Å². The summed E-state index contributed by atoms with van der Waals surface area (Å²) in [5.74, 6) is 0.414. The number of alkyl carbamates (subject to hydrolysis) is 1. The molecule has 2 aromatic carbocycles. The Morgan fingerprint density at radius 2 is 1.19 bits per heavy atom. The zero-order chi connectivity index (χ0) is 54.6. The van der Waals surface area contributed by atoms with Crippen molar-refractivity contribution in [1.29, 1.82) is 0 Å². The summed E-state index contributed by atoms with van der Waals surface area (Å²) in [6.45, 7) is 19.2. The second-order valence-corrected chi connectivity index (χ2v) is 16.3. The van der Waals surface area contributed by atoms with E-state index in [1.54, 1.807) is 14.0 Å². The van der Waals surface area contributed by atoms with Gasteiger partial charge in [-0.1, -0.05) is 57.0 Å². The molecule has 0 bridgehead atoms. The van der Waals surface area contributed by atoms with Gasteiger partial charge in [0.1, 0.15) is 36.2 Å². The van der Waals surface area contributed by atoms with Gasteiger partial charge in [-0.25, -0.2) is 9.78 Å². The summed E-state index contributed by atoms with van der Waals surface area (Å²) in [5.41, 5.74) is 2.68. The first-order valence-corrected chi connectivity index (χ1v) is 24.9. The Morgan fingerprint density at radius 3 is 1.64 bits per heavy atom. The number of likely N-dealkylation sites (N-methyl/N-ethyl adjacent to an activating group) is 1. The number of carbonyl (C=O) groups excluding carboxylic acids is 5. The van der Waals surface area contributed by atoms with Crippen LogP contribution in [0, 0.1) is 0 Å². The Balaban J connectivity index is 0. The number of hydrogen-bond donors (Lipinski definition) is 5. The Kier molecular flexibility index (Phi) is 48.2. The van der Waals surface area contributed by atoms with Crippen LogP contribution in [0.15, 0.2) is 54.6 Å². The zero-order valence-corrected chi connectivity index (χ0v) is 45.2. The van der Waals surface area contributed by atoms with Crippen LogP contribution in [0.3, 0.4) is 0 Å². The van der Waals surface area contributed by atoms with Gasteiger partial charge in [0, 0.05) is 44.8 Å². The number of benzene rings is 2. The molecule has 1 atom stereocenters. The molecule has 73 heavy (non-hydrogen) atoms. The molecule has 0 aliphatic heterocycles. The third kappa shape index (κ3) is 44.1. The number of nitrogens with zero attached hydrogens (tertiary/aromatic N) is 1. The Hall–Kier alpha value is -5.16. The minimum Gasteiger partial charge on any atom is -0.486 e. The first-order valence-electron chi connectivity index (χ1n) is 24.9. The van der Waals surface area contributed by atoms with Crippen molar-refractivity contribution in [3.05, 3.63) is 65.9 Å². The lowest BCUT2D eigenvalue weighted by molar-refractivity contribution is -0.122. The molecule has 0 aliphatic rings. The predicted molar refractivity (Wildman–Crippen MR) is 284 cm³/mol. The van der Waals surface area contributed by atoms with E-state index in [0.717, 1.165) is 61.1 Å². The second kappa shape index (κ2) is 50.4. The molecule has 20 nitrogen and oxygen atoms in total. The van der Waals surface area contributed by atoms with E-state index >= 15 is 0 Å². The highest BCUT2D eigenvalue weighted by molar-refractivity contribution is 5.87. The molecule has 0 fully saturated rings. The number of amides is 2. The van der Waals surface area contributed by atoms with Gasteiger partial charge in [0.15, 0.2) is 6.29 Å². The van der Waals surface area contributed by atoms with Crippen molar-refractivity contribution in [2.24, 2.45) is 0 Å². The van der Waals surface area contributed by atoms with Gasteiger partial charge in [0.25, 0.3) is 0 Å². The molecule has 0 saturated carbocycles. The number of aliphatic hydroxyl groups is 1. The molecule has 1 aromatic heterocycles. The van der Waals surface area contributed by atoms with Gasteiger partial charge in [-0.15, -0.1) is 0 Å². The molecule has 0 saturated heterocycles. The van der Waals surface area contributed by atoms with Gasteiger partial charge in [-0.05, 0) is 77.4 Å². The van der Waals surface area contributed by atoms with Crippen LogP contribution < -0.4 is 26.0 Å². The summed E-state index contributed by atoms with van der Waals surface area (Å²) in [5, 5.41) is 18.9. The van der Waals surface area contributed by atoms with Crippen LogP contribution in [-0.4, -0.2) is 179 Å². The number of rotatable bonds is 36. The number of unbranched alkanes of at least 4 members (excludes halogenated alkanes) is 2. The lowest BCUT2D eigenvalue weighted by atomic mass is 10.2. The maximum Gasteiger partial charge on any atom is 0.407 e. The number of anilines is 1. The normalized spacial score (nSPS) is 10.8. The first-order chi connectivity index (χ1) is 35.4. The van der Waals surface area contributed by atoms with Crippen molar-refractivity contribution >= 4 is 47.4 Å². The molecule has 416 valence electrons. The quantitative estimate of drug-likeness (QED) is 0.0331. The summed E-state index contributed by atoms with van der Waals surface area (Å²) < 4.78 is 49.0. The summed E-state index contributed by atoms with van der Waals surface area (Å²) >= 11 is 0. The highest BCUT2D eigenvalue weighted by Gasteiger charge is 2.15. The van der Waals surface area contributed by atoms with Crippen molar-refractivity contribution in [2.45, 2.75) is 91.9 Å². The average molecular weight is 1040 g/mol. The van der Waals surface area contributed by atoms with Gasteiger partial charge < -0.3 is 78.6 Å². The molecule has 20 heteroatoms. The van der Waals surface area contributed by atoms with E-state index in [9.17, 15) is 24.0 Å². The van der Waals surface area contributed by atoms with Crippen LogP contribution in [0.2, 0.25) is 0 Å². The molecule has 0 aliphatic carbocycles.